The first-order valence-electron chi connectivity index (χ1n) is 25.4. The number of hydrogen-bond donors (Lipinski definition) is 0. The van der Waals surface area contributed by atoms with Crippen LogP contribution in [0.4, 0.5) is 0 Å². The first-order valence-corrected chi connectivity index (χ1v) is 26.9. The highest BCUT2D eigenvalue weighted by atomic mass is 31.2. The van der Waals surface area contributed by atoms with E-state index < -0.39 is 32.5 Å². The second-order valence-corrected chi connectivity index (χ2v) is 18.9. The van der Waals surface area contributed by atoms with Crippen LogP contribution in [0.1, 0.15) is 162 Å². The summed E-state index contributed by atoms with van der Waals surface area (Å²) in [6.07, 6.45) is 67.8. The van der Waals surface area contributed by atoms with Crippen LogP contribution in [0.3, 0.4) is 0 Å². The van der Waals surface area contributed by atoms with Crippen LogP contribution < -0.4 is 4.89 Å². The van der Waals surface area contributed by atoms with Gasteiger partial charge in [0.25, 0.3) is 7.82 Å². The van der Waals surface area contributed by atoms with Crippen LogP contribution in [-0.4, -0.2) is 70.0 Å². The standard InChI is InChI=1S/C57H92NO8P/c1-6-8-10-12-14-16-18-20-22-23-24-25-26-27-28-29-30-31-32-33-34-35-36-38-40-42-44-46-48-50-57(60)66-55(54-65-67(61,62)64-52-51-58(3,4)5)53-63-56(59)49-47-45-43-41-39-37-21-19-17-15-13-11-9-7-2/h8,10,13-16,19-22,24-25,27-28,30-31,33-34,36,38,42,44,55H,6-7,9,11-12,17-18,23,26,29,32,35,37,39-41,43,45-54H2,1-5H3/b10-8-,15-13-,16-14-,21-19-,22-20-,25-24-,28-27-,31-30-,34-33-,38-36-,44-42-. The van der Waals surface area contributed by atoms with Crippen LogP contribution in [0.25, 0.3) is 0 Å². The number of quaternary nitrogens is 1. The molecule has 0 aliphatic heterocycles. The Bertz CT molecular complexity index is 1590. The lowest BCUT2D eigenvalue weighted by Crippen LogP contribution is -2.37. The summed E-state index contributed by atoms with van der Waals surface area (Å²) in [6, 6.07) is 0. The van der Waals surface area contributed by atoms with Crippen molar-refractivity contribution in [2.75, 3.05) is 47.5 Å². The molecule has 0 bridgehead atoms. The number of nitrogens with zero attached hydrogens (tertiary/aromatic N) is 1. The molecule has 0 amide bonds. The van der Waals surface area contributed by atoms with Crippen molar-refractivity contribution in [2.45, 2.75) is 168 Å². The fraction of sp³-hybridized carbons (Fsp3) is 0.579. The number of ether oxygens (including phenoxy) is 2. The molecule has 378 valence electrons. The molecule has 0 aliphatic rings. The maximum atomic E-state index is 12.7. The van der Waals surface area contributed by atoms with Crippen molar-refractivity contribution < 1.29 is 42.1 Å². The minimum absolute atomic E-state index is 0.0523. The molecule has 0 saturated carbocycles. The molecule has 0 aromatic carbocycles. The molecule has 2 atom stereocenters. The molecule has 0 fully saturated rings. The number of carbonyl (C=O) groups is 2. The van der Waals surface area contributed by atoms with Crippen molar-refractivity contribution in [3.05, 3.63) is 134 Å². The van der Waals surface area contributed by atoms with Crippen molar-refractivity contribution in [3.8, 4) is 0 Å². The normalized spacial score (nSPS) is 14.5. The van der Waals surface area contributed by atoms with Gasteiger partial charge in [-0.3, -0.25) is 14.2 Å². The molecule has 0 aromatic rings. The predicted molar refractivity (Wildman–Crippen MR) is 281 cm³/mol. The molecular formula is C57H92NO8P. The smallest absolute Gasteiger partial charge is 0.306 e. The number of esters is 2. The third kappa shape index (κ3) is 51.4. The number of phosphoric acid groups is 1. The summed E-state index contributed by atoms with van der Waals surface area (Å²) in [5, 5.41) is 0. The lowest BCUT2D eigenvalue weighted by molar-refractivity contribution is -0.870. The van der Waals surface area contributed by atoms with Crippen molar-refractivity contribution in [3.63, 3.8) is 0 Å². The number of rotatable bonds is 44. The third-order valence-electron chi connectivity index (χ3n) is 9.90. The number of likely N-dealkylation sites (N-methyl/N-ethyl adjacent to an activating group) is 1. The highest BCUT2D eigenvalue weighted by molar-refractivity contribution is 7.45. The first-order chi connectivity index (χ1) is 32.5. The summed E-state index contributed by atoms with van der Waals surface area (Å²) in [4.78, 5) is 37.6. The van der Waals surface area contributed by atoms with Gasteiger partial charge in [0.2, 0.25) is 0 Å². The van der Waals surface area contributed by atoms with Gasteiger partial charge >= 0.3 is 11.9 Å². The second-order valence-electron chi connectivity index (χ2n) is 17.4. The van der Waals surface area contributed by atoms with Crippen LogP contribution in [0.15, 0.2) is 134 Å². The van der Waals surface area contributed by atoms with Gasteiger partial charge in [0.05, 0.1) is 27.7 Å². The van der Waals surface area contributed by atoms with Crippen LogP contribution in [0.5, 0.6) is 0 Å². The molecule has 0 radical (unpaired) electrons. The minimum Gasteiger partial charge on any atom is -0.756 e. The predicted octanol–water partition coefficient (Wildman–Crippen LogP) is 14.8. The summed E-state index contributed by atoms with van der Waals surface area (Å²) in [5.41, 5.74) is 0. The number of phosphoric ester groups is 1. The van der Waals surface area contributed by atoms with Crippen molar-refractivity contribution in [1.29, 1.82) is 0 Å². The molecule has 0 aliphatic carbocycles. The van der Waals surface area contributed by atoms with Gasteiger partial charge in [0.1, 0.15) is 19.8 Å². The molecule has 0 saturated heterocycles. The van der Waals surface area contributed by atoms with Crippen LogP contribution in [0, 0.1) is 0 Å². The monoisotopic (exact) mass is 950 g/mol. The van der Waals surface area contributed by atoms with Crippen LogP contribution in [0.2, 0.25) is 0 Å². The van der Waals surface area contributed by atoms with E-state index in [4.69, 9.17) is 18.5 Å². The summed E-state index contributed by atoms with van der Waals surface area (Å²) < 4.78 is 33.9. The second kappa shape index (κ2) is 47.2. The van der Waals surface area contributed by atoms with Gasteiger partial charge in [0.15, 0.2) is 6.10 Å². The summed E-state index contributed by atoms with van der Waals surface area (Å²) in [6.45, 7) is 3.96. The average molecular weight is 950 g/mol. The van der Waals surface area contributed by atoms with E-state index >= 15 is 0 Å². The van der Waals surface area contributed by atoms with Crippen molar-refractivity contribution in [1.82, 2.24) is 0 Å². The lowest BCUT2D eigenvalue weighted by atomic mass is 10.1. The minimum atomic E-state index is -4.66. The van der Waals surface area contributed by atoms with E-state index in [-0.39, 0.29) is 26.1 Å². The maximum Gasteiger partial charge on any atom is 0.306 e. The molecule has 67 heavy (non-hydrogen) atoms. The third-order valence-corrected chi connectivity index (χ3v) is 10.9. The van der Waals surface area contributed by atoms with Crippen molar-refractivity contribution in [2.24, 2.45) is 0 Å². The molecular weight excluding hydrogens is 858 g/mol. The molecule has 0 N–H and O–H groups in total. The topological polar surface area (TPSA) is 111 Å². The van der Waals surface area contributed by atoms with E-state index in [0.717, 1.165) is 103 Å². The van der Waals surface area contributed by atoms with Gasteiger partial charge in [-0.25, -0.2) is 0 Å². The Morgan fingerprint density at radius 1 is 0.478 bits per heavy atom. The summed E-state index contributed by atoms with van der Waals surface area (Å²) in [5.74, 6) is -0.935. The molecule has 0 spiro atoms. The highest BCUT2D eigenvalue weighted by Gasteiger charge is 2.21. The van der Waals surface area contributed by atoms with Gasteiger partial charge < -0.3 is 27.9 Å². The largest absolute Gasteiger partial charge is 0.756 e. The Kier molecular flexibility index (Phi) is 44.5. The van der Waals surface area contributed by atoms with Crippen LogP contribution in [-0.2, 0) is 32.7 Å². The number of hydrogen-bond acceptors (Lipinski definition) is 8. The lowest BCUT2D eigenvalue weighted by Gasteiger charge is -2.28. The van der Waals surface area contributed by atoms with E-state index in [1.54, 1.807) is 0 Å². The molecule has 2 unspecified atom stereocenters. The molecule has 10 heteroatoms. The van der Waals surface area contributed by atoms with Crippen molar-refractivity contribution >= 4 is 19.8 Å². The number of allylic oxidation sites excluding steroid dienone is 22. The Hall–Kier alpha value is -3.85. The van der Waals surface area contributed by atoms with Gasteiger partial charge in [-0.15, -0.1) is 0 Å². The van der Waals surface area contributed by atoms with Gasteiger partial charge in [-0.05, 0) is 103 Å². The van der Waals surface area contributed by atoms with Gasteiger partial charge in [-0.1, -0.05) is 180 Å². The van der Waals surface area contributed by atoms with Gasteiger partial charge in [0, 0.05) is 12.8 Å². The molecule has 9 nitrogen and oxygen atoms in total. The number of carbonyl (C=O) groups excluding carboxylic acids is 2. The zero-order valence-electron chi connectivity index (χ0n) is 42.5. The summed E-state index contributed by atoms with van der Waals surface area (Å²) >= 11 is 0. The van der Waals surface area contributed by atoms with E-state index in [2.05, 4.69) is 141 Å². The Balaban J connectivity index is 4.41. The SMILES string of the molecule is CC/C=C\C/C=C\C/C=C\C/C=C\C/C=C\C/C=C\C/C=C\C/C=C\C/C=C\CCCC(=O)OC(COC(=O)CCCCCCC/C=C\C/C=C\CCCC)COP(=O)([O-])OCC[N+](C)(C)C. The molecule has 0 rings (SSSR count). The van der Waals surface area contributed by atoms with Gasteiger partial charge in [-0.2, -0.15) is 0 Å². The number of unbranched alkanes of at least 4 members (excludes halogenated alkanes) is 8. The maximum absolute atomic E-state index is 12.7. The van der Waals surface area contributed by atoms with E-state index in [0.29, 0.717) is 30.3 Å². The zero-order valence-corrected chi connectivity index (χ0v) is 43.4. The first kappa shape index (κ1) is 63.1. The Labute approximate surface area is 409 Å². The van der Waals surface area contributed by atoms with E-state index in [1.165, 1.54) is 12.8 Å². The van der Waals surface area contributed by atoms with E-state index in [1.807, 2.05) is 27.2 Å². The fourth-order valence-electron chi connectivity index (χ4n) is 5.96. The Morgan fingerprint density at radius 2 is 0.866 bits per heavy atom. The van der Waals surface area contributed by atoms with E-state index in [9.17, 15) is 19.0 Å². The zero-order chi connectivity index (χ0) is 49.2. The molecule has 0 heterocycles. The quantitative estimate of drug-likeness (QED) is 0.0195. The average Bonchev–Trinajstić information content (AvgIpc) is 3.29. The Morgan fingerprint density at radius 3 is 1.31 bits per heavy atom. The fourth-order valence-corrected chi connectivity index (χ4v) is 6.69. The summed E-state index contributed by atoms with van der Waals surface area (Å²) in [7, 11) is 1.10. The highest BCUT2D eigenvalue weighted by Crippen LogP contribution is 2.38. The van der Waals surface area contributed by atoms with Crippen LogP contribution >= 0.6 is 7.82 Å². The molecule has 0 aromatic heterocycles.